The summed E-state index contributed by atoms with van der Waals surface area (Å²) < 4.78 is 13.2. The summed E-state index contributed by atoms with van der Waals surface area (Å²) in [5.41, 5.74) is 9.61. The molecule has 0 saturated carbocycles. The zero-order valence-electron chi connectivity index (χ0n) is 10.2. The van der Waals surface area contributed by atoms with Crippen LogP contribution in [0.3, 0.4) is 0 Å². The maximum Gasteiger partial charge on any atom is 0.125 e. The highest BCUT2D eigenvalue weighted by Crippen LogP contribution is 2.32. The van der Waals surface area contributed by atoms with E-state index in [1.165, 1.54) is 18.2 Å². The molecule has 0 aliphatic rings. The number of nitrogens with one attached hydrogen (secondary N) is 1. The first kappa shape index (κ1) is 12.7. The molecular formula is C14H14ClFN2. The van der Waals surface area contributed by atoms with Crippen LogP contribution in [0.1, 0.15) is 11.1 Å². The standard InChI is InChI=1S/C14H14ClFN2/c1-8-5-9(2)14(11(15)6-8)18-13-7-10(16)3-4-12(13)17/h3-7,18H,17H2,1-2H3. The van der Waals surface area contributed by atoms with Crippen LogP contribution in [-0.2, 0) is 0 Å². The minimum absolute atomic E-state index is 0.340. The first-order chi connectivity index (χ1) is 8.47. The number of nitrogens with two attached hydrogens (primary N) is 1. The van der Waals surface area contributed by atoms with Gasteiger partial charge in [-0.2, -0.15) is 0 Å². The zero-order chi connectivity index (χ0) is 13.3. The second-order valence-electron chi connectivity index (χ2n) is 4.30. The van der Waals surface area contributed by atoms with Crippen LogP contribution in [0.4, 0.5) is 21.5 Å². The SMILES string of the molecule is Cc1cc(C)c(Nc2cc(F)ccc2N)c(Cl)c1. The van der Waals surface area contributed by atoms with E-state index >= 15 is 0 Å². The molecule has 0 radical (unpaired) electrons. The number of halogens is 2. The van der Waals surface area contributed by atoms with Crippen molar-refractivity contribution in [3.05, 3.63) is 52.3 Å². The van der Waals surface area contributed by atoms with Gasteiger partial charge in [-0.15, -0.1) is 0 Å². The quantitative estimate of drug-likeness (QED) is 0.788. The summed E-state index contributed by atoms with van der Waals surface area (Å²) in [5, 5.41) is 3.67. The molecule has 2 nitrogen and oxygen atoms in total. The van der Waals surface area contributed by atoms with Gasteiger partial charge in [0.25, 0.3) is 0 Å². The molecule has 0 saturated heterocycles. The number of rotatable bonds is 2. The van der Waals surface area contributed by atoms with Crippen molar-refractivity contribution in [3.8, 4) is 0 Å². The lowest BCUT2D eigenvalue weighted by atomic mass is 10.1. The number of nitrogen functional groups attached to an aromatic ring is 1. The summed E-state index contributed by atoms with van der Waals surface area (Å²) in [6.45, 7) is 3.91. The number of anilines is 3. The lowest BCUT2D eigenvalue weighted by molar-refractivity contribution is 0.628. The lowest BCUT2D eigenvalue weighted by Gasteiger charge is -2.14. The smallest absolute Gasteiger partial charge is 0.125 e. The molecule has 2 rings (SSSR count). The van der Waals surface area contributed by atoms with Gasteiger partial charge in [-0.25, -0.2) is 4.39 Å². The third-order valence-electron chi connectivity index (χ3n) is 2.71. The molecule has 0 spiro atoms. The van der Waals surface area contributed by atoms with Crippen molar-refractivity contribution in [2.24, 2.45) is 0 Å². The molecule has 18 heavy (non-hydrogen) atoms. The Hall–Kier alpha value is -1.74. The normalized spacial score (nSPS) is 10.4. The molecule has 2 aromatic carbocycles. The van der Waals surface area contributed by atoms with Gasteiger partial charge in [0.1, 0.15) is 5.82 Å². The van der Waals surface area contributed by atoms with E-state index in [9.17, 15) is 4.39 Å². The minimum atomic E-state index is -0.340. The Labute approximate surface area is 111 Å². The van der Waals surface area contributed by atoms with Crippen LogP contribution in [-0.4, -0.2) is 0 Å². The fourth-order valence-corrected chi connectivity index (χ4v) is 2.21. The molecule has 0 fully saturated rings. The fraction of sp³-hybridized carbons (Fsp3) is 0.143. The van der Waals surface area contributed by atoms with Gasteiger partial charge < -0.3 is 11.1 Å². The largest absolute Gasteiger partial charge is 0.397 e. The van der Waals surface area contributed by atoms with Gasteiger partial charge in [-0.1, -0.05) is 17.7 Å². The third-order valence-corrected chi connectivity index (χ3v) is 3.00. The second-order valence-corrected chi connectivity index (χ2v) is 4.70. The molecule has 0 amide bonds. The van der Waals surface area contributed by atoms with Crippen molar-refractivity contribution in [1.29, 1.82) is 0 Å². The van der Waals surface area contributed by atoms with E-state index < -0.39 is 0 Å². The topological polar surface area (TPSA) is 38.0 Å². The van der Waals surface area contributed by atoms with Crippen molar-refractivity contribution in [3.63, 3.8) is 0 Å². The highest BCUT2D eigenvalue weighted by molar-refractivity contribution is 6.33. The van der Waals surface area contributed by atoms with Gasteiger partial charge in [0.05, 0.1) is 22.1 Å². The Kier molecular flexibility index (Phi) is 3.43. The minimum Gasteiger partial charge on any atom is -0.397 e. The van der Waals surface area contributed by atoms with Crippen molar-refractivity contribution in [2.45, 2.75) is 13.8 Å². The molecule has 0 bridgehead atoms. The van der Waals surface area contributed by atoms with Crippen LogP contribution in [0.5, 0.6) is 0 Å². The van der Waals surface area contributed by atoms with Gasteiger partial charge in [-0.05, 0) is 49.2 Å². The van der Waals surface area contributed by atoms with Crippen LogP contribution in [0.2, 0.25) is 5.02 Å². The number of benzene rings is 2. The van der Waals surface area contributed by atoms with Crippen molar-refractivity contribution < 1.29 is 4.39 Å². The Bertz CT molecular complexity index is 573. The molecule has 0 aromatic heterocycles. The first-order valence-corrected chi connectivity index (χ1v) is 5.94. The zero-order valence-corrected chi connectivity index (χ0v) is 11.0. The van der Waals surface area contributed by atoms with Gasteiger partial charge in [0.15, 0.2) is 0 Å². The molecule has 3 N–H and O–H groups in total. The molecular weight excluding hydrogens is 251 g/mol. The average molecular weight is 265 g/mol. The third kappa shape index (κ3) is 2.57. The predicted octanol–water partition coefficient (Wildman–Crippen LogP) is 4.42. The molecule has 0 aliphatic heterocycles. The summed E-state index contributed by atoms with van der Waals surface area (Å²) in [6, 6.07) is 8.06. The summed E-state index contributed by atoms with van der Waals surface area (Å²) in [5.74, 6) is -0.340. The Morgan fingerprint density at radius 2 is 1.89 bits per heavy atom. The lowest BCUT2D eigenvalue weighted by Crippen LogP contribution is -1.99. The van der Waals surface area contributed by atoms with E-state index in [4.69, 9.17) is 17.3 Å². The molecule has 0 aliphatic carbocycles. The van der Waals surface area contributed by atoms with Crippen LogP contribution in [0.15, 0.2) is 30.3 Å². The summed E-state index contributed by atoms with van der Waals surface area (Å²) >= 11 is 6.18. The number of hydrogen-bond donors (Lipinski definition) is 2. The molecule has 0 atom stereocenters. The molecule has 4 heteroatoms. The molecule has 2 aromatic rings. The van der Waals surface area contributed by atoms with Crippen LogP contribution >= 0.6 is 11.6 Å². The van der Waals surface area contributed by atoms with E-state index in [0.29, 0.717) is 16.4 Å². The van der Waals surface area contributed by atoms with Crippen molar-refractivity contribution in [1.82, 2.24) is 0 Å². The molecule has 0 unspecified atom stereocenters. The second kappa shape index (κ2) is 4.86. The van der Waals surface area contributed by atoms with Crippen LogP contribution in [0.25, 0.3) is 0 Å². The Morgan fingerprint density at radius 3 is 2.56 bits per heavy atom. The summed E-state index contributed by atoms with van der Waals surface area (Å²) in [4.78, 5) is 0. The van der Waals surface area contributed by atoms with Crippen LogP contribution in [0, 0.1) is 19.7 Å². The maximum atomic E-state index is 13.2. The van der Waals surface area contributed by atoms with E-state index in [0.717, 1.165) is 16.8 Å². The average Bonchev–Trinajstić information content (AvgIpc) is 2.28. The highest BCUT2D eigenvalue weighted by atomic mass is 35.5. The molecule has 94 valence electrons. The van der Waals surface area contributed by atoms with E-state index in [2.05, 4.69) is 5.32 Å². The predicted molar refractivity (Wildman–Crippen MR) is 75.0 cm³/mol. The van der Waals surface area contributed by atoms with E-state index in [-0.39, 0.29) is 5.82 Å². The van der Waals surface area contributed by atoms with Gasteiger partial charge in [0.2, 0.25) is 0 Å². The van der Waals surface area contributed by atoms with Crippen molar-refractivity contribution in [2.75, 3.05) is 11.1 Å². The number of aryl methyl sites for hydroxylation is 2. The van der Waals surface area contributed by atoms with E-state index in [1.54, 1.807) is 0 Å². The summed E-state index contributed by atoms with van der Waals surface area (Å²) in [7, 11) is 0. The van der Waals surface area contributed by atoms with Crippen LogP contribution < -0.4 is 11.1 Å². The van der Waals surface area contributed by atoms with Gasteiger partial charge in [0, 0.05) is 0 Å². The highest BCUT2D eigenvalue weighted by Gasteiger charge is 2.08. The van der Waals surface area contributed by atoms with Crippen molar-refractivity contribution >= 4 is 28.7 Å². The Morgan fingerprint density at radius 1 is 1.17 bits per heavy atom. The monoisotopic (exact) mass is 264 g/mol. The fourth-order valence-electron chi connectivity index (χ4n) is 1.85. The first-order valence-electron chi connectivity index (χ1n) is 5.56. The van der Waals surface area contributed by atoms with Gasteiger partial charge in [-0.3, -0.25) is 0 Å². The number of hydrogen-bond acceptors (Lipinski definition) is 2. The van der Waals surface area contributed by atoms with Gasteiger partial charge >= 0.3 is 0 Å². The molecule has 0 heterocycles. The maximum absolute atomic E-state index is 13.2. The summed E-state index contributed by atoms with van der Waals surface area (Å²) in [6.07, 6.45) is 0. The van der Waals surface area contributed by atoms with E-state index in [1.807, 2.05) is 26.0 Å². The Balaban J connectivity index is 2.43.